The second-order valence-electron chi connectivity index (χ2n) is 4.84. The Morgan fingerprint density at radius 2 is 1.83 bits per heavy atom. The van der Waals surface area contributed by atoms with Gasteiger partial charge in [-0.05, 0) is 53.2 Å². The molecule has 0 aliphatic heterocycles. The van der Waals surface area contributed by atoms with Gasteiger partial charge < -0.3 is 5.32 Å². The zero-order chi connectivity index (χ0) is 16.4. The molecule has 7 heteroatoms. The maximum atomic E-state index is 12.5. The summed E-state index contributed by atoms with van der Waals surface area (Å²) >= 11 is 6.80. The molecule has 0 atom stereocenters. The molecule has 0 fully saturated rings. The minimum Gasteiger partial charge on any atom is -0.319 e. The number of carbonyl (C=O) groups excluding carboxylic acids is 1. The van der Waals surface area contributed by atoms with Gasteiger partial charge in [0.2, 0.25) is 0 Å². The summed E-state index contributed by atoms with van der Waals surface area (Å²) in [4.78, 5) is 13.9. The Hall–Kier alpha value is -1.99. The molecule has 0 bridgehead atoms. The van der Waals surface area contributed by atoms with Crippen molar-refractivity contribution in [2.24, 2.45) is 0 Å². The number of para-hydroxylation sites is 1. The van der Waals surface area contributed by atoms with Crippen molar-refractivity contribution >= 4 is 43.5 Å². The number of halogens is 2. The highest BCUT2D eigenvalue weighted by atomic mass is 79.9. The van der Waals surface area contributed by atoms with Crippen LogP contribution >= 0.6 is 31.9 Å². The van der Waals surface area contributed by atoms with Gasteiger partial charge in [-0.25, -0.2) is 0 Å². The number of amides is 1. The van der Waals surface area contributed by atoms with Crippen molar-refractivity contribution in [1.29, 1.82) is 0 Å². The van der Waals surface area contributed by atoms with E-state index in [-0.39, 0.29) is 5.91 Å². The largest absolute Gasteiger partial charge is 0.319 e. The number of hydrogen-bond acceptors (Lipinski definition) is 3. The molecule has 0 radical (unpaired) electrons. The maximum Gasteiger partial charge on any atom is 0.278 e. The number of carbonyl (C=O) groups is 1. The van der Waals surface area contributed by atoms with Crippen LogP contribution < -0.4 is 5.32 Å². The van der Waals surface area contributed by atoms with Crippen LogP contribution in [0.15, 0.2) is 57.5 Å². The first-order valence-corrected chi connectivity index (χ1v) is 8.39. The zero-order valence-corrected chi connectivity index (χ0v) is 15.3. The second kappa shape index (κ2) is 6.64. The number of nitrogens with one attached hydrogen (secondary N) is 1. The molecule has 116 valence electrons. The summed E-state index contributed by atoms with van der Waals surface area (Å²) in [6.45, 7) is 1.76. The Balaban J connectivity index is 1.87. The topological polar surface area (TPSA) is 59.8 Å². The van der Waals surface area contributed by atoms with Gasteiger partial charge in [0.25, 0.3) is 5.91 Å². The van der Waals surface area contributed by atoms with Gasteiger partial charge in [-0.2, -0.15) is 9.90 Å². The Morgan fingerprint density at radius 3 is 2.52 bits per heavy atom. The van der Waals surface area contributed by atoms with E-state index in [1.54, 1.807) is 6.92 Å². The number of aryl methyl sites for hydroxylation is 1. The molecule has 1 aromatic heterocycles. The van der Waals surface area contributed by atoms with E-state index in [1.807, 2.05) is 48.5 Å². The lowest BCUT2D eigenvalue weighted by Gasteiger charge is -2.06. The molecule has 0 aliphatic rings. The van der Waals surface area contributed by atoms with Gasteiger partial charge in [0, 0.05) is 8.95 Å². The van der Waals surface area contributed by atoms with E-state index in [2.05, 4.69) is 47.4 Å². The molecule has 0 aliphatic carbocycles. The standard InChI is InChI=1S/C16H12Br2N4O/c1-10-15(21-22(20-10)12-5-3-2-4-6-12)16(23)19-14-8-7-11(17)9-13(14)18/h2-9H,1H3,(H,19,23). The van der Waals surface area contributed by atoms with Crippen LogP contribution in [-0.2, 0) is 0 Å². The summed E-state index contributed by atoms with van der Waals surface area (Å²) in [5, 5.41) is 11.4. The highest BCUT2D eigenvalue weighted by Crippen LogP contribution is 2.26. The first-order chi connectivity index (χ1) is 11.0. The summed E-state index contributed by atoms with van der Waals surface area (Å²) in [6.07, 6.45) is 0. The second-order valence-corrected chi connectivity index (χ2v) is 6.61. The average molecular weight is 436 g/mol. The lowest BCUT2D eigenvalue weighted by atomic mass is 10.3. The zero-order valence-electron chi connectivity index (χ0n) is 12.1. The van der Waals surface area contributed by atoms with E-state index in [4.69, 9.17) is 0 Å². The molecule has 3 aromatic rings. The third kappa shape index (κ3) is 3.51. The predicted molar refractivity (Wildman–Crippen MR) is 95.9 cm³/mol. The highest BCUT2D eigenvalue weighted by Gasteiger charge is 2.17. The molecule has 1 heterocycles. The fourth-order valence-electron chi connectivity index (χ4n) is 2.04. The minimum atomic E-state index is -0.298. The number of anilines is 1. The summed E-state index contributed by atoms with van der Waals surface area (Å²) in [5.41, 5.74) is 2.34. The fourth-order valence-corrected chi connectivity index (χ4v) is 3.18. The fraction of sp³-hybridized carbons (Fsp3) is 0.0625. The minimum absolute atomic E-state index is 0.295. The summed E-state index contributed by atoms with van der Waals surface area (Å²) in [7, 11) is 0. The van der Waals surface area contributed by atoms with Gasteiger partial charge in [0.15, 0.2) is 5.69 Å². The van der Waals surface area contributed by atoms with E-state index < -0.39 is 0 Å². The molecule has 0 unspecified atom stereocenters. The Morgan fingerprint density at radius 1 is 1.09 bits per heavy atom. The molecule has 5 nitrogen and oxygen atoms in total. The summed E-state index contributed by atoms with van der Waals surface area (Å²) < 4.78 is 1.71. The van der Waals surface area contributed by atoms with Gasteiger partial charge in [-0.15, -0.1) is 5.10 Å². The Labute approximate surface area is 150 Å². The molecule has 0 saturated heterocycles. The lowest BCUT2D eigenvalue weighted by Crippen LogP contribution is -2.14. The van der Waals surface area contributed by atoms with E-state index >= 15 is 0 Å². The normalized spacial score (nSPS) is 10.6. The van der Waals surface area contributed by atoms with Crippen LogP contribution in [0.25, 0.3) is 5.69 Å². The average Bonchev–Trinajstić information content (AvgIpc) is 2.93. The molecule has 1 amide bonds. The molecular weight excluding hydrogens is 424 g/mol. The molecule has 0 saturated carbocycles. The van der Waals surface area contributed by atoms with Crippen LogP contribution in [-0.4, -0.2) is 20.9 Å². The van der Waals surface area contributed by atoms with Crippen molar-refractivity contribution in [3.8, 4) is 5.69 Å². The van der Waals surface area contributed by atoms with Gasteiger partial charge in [-0.1, -0.05) is 34.1 Å². The van der Waals surface area contributed by atoms with Crippen molar-refractivity contribution in [3.63, 3.8) is 0 Å². The number of hydrogen-bond donors (Lipinski definition) is 1. The molecular formula is C16H12Br2N4O. The van der Waals surface area contributed by atoms with Crippen LogP contribution in [0.5, 0.6) is 0 Å². The van der Waals surface area contributed by atoms with Crippen LogP contribution in [0, 0.1) is 6.92 Å². The maximum absolute atomic E-state index is 12.5. The van der Waals surface area contributed by atoms with Crippen molar-refractivity contribution in [3.05, 3.63) is 68.9 Å². The van der Waals surface area contributed by atoms with Crippen molar-refractivity contribution in [2.45, 2.75) is 6.92 Å². The number of aromatic nitrogens is 3. The van der Waals surface area contributed by atoms with E-state index in [0.717, 1.165) is 14.6 Å². The van der Waals surface area contributed by atoms with Crippen molar-refractivity contribution < 1.29 is 4.79 Å². The Bertz CT molecular complexity index is 862. The van der Waals surface area contributed by atoms with Crippen molar-refractivity contribution in [1.82, 2.24) is 15.0 Å². The molecule has 3 rings (SSSR count). The summed E-state index contributed by atoms with van der Waals surface area (Å²) in [6, 6.07) is 15.0. The molecule has 1 N–H and O–H groups in total. The molecule has 0 spiro atoms. The van der Waals surface area contributed by atoms with Gasteiger partial charge in [0.05, 0.1) is 17.1 Å². The summed E-state index contributed by atoms with van der Waals surface area (Å²) in [5.74, 6) is -0.298. The smallest absolute Gasteiger partial charge is 0.278 e. The third-order valence-corrected chi connectivity index (χ3v) is 4.31. The van der Waals surface area contributed by atoms with Crippen molar-refractivity contribution in [2.75, 3.05) is 5.32 Å². The monoisotopic (exact) mass is 434 g/mol. The van der Waals surface area contributed by atoms with E-state index in [0.29, 0.717) is 17.1 Å². The predicted octanol–water partition coefficient (Wildman–Crippen LogP) is 4.35. The lowest BCUT2D eigenvalue weighted by molar-refractivity contribution is 0.102. The number of benzene rings is 2. The Kier molecular flexibility index (Phi) is 4.58. The van der Waals surface area contributed by atoms with Crippen LogP contribution in [0.2, 0.25) is 0 Å². The molecule has 23 heavy (non-hydrogen) atoms. The van der Waals surface area contributed by atoms with E-state index in [9.17, 15) is 4.79 Å². The molecule has 2 aromatic carbocycles. The SMILES string of the molecule is Cc1nn(-c2ccccc2)nc1C(=O)Nc1ccc(Br)cc1Br. The quantitative estimate of drug-likeness (QED) is 0.665. The van der Waals surface area contributed by atoms with Crippen LogP contribution in [0.4, 0.5) is 5.69 Å². The number of nitrogens with zero attached hydrogens (tertiary/aromatic N) is 3. The van der Waals surface area contributed by atoms with Crippen LogP contribution in [0.1, 0.15) is 16.2 Å². The highest BCUT2D eigenvalue weighted by molar-refractivity contribution is 9.11. The number of rotatable bonds is 3. The third-order valence-electron chi connectivity index (χ3n) is 3.16. The van der Waals surface area contributed by atoms with Gasteiger partial charge in [0.1, 0.15) is 0 Å². The van der Waals surface area contributed by atoms with Crippen LogP contribution in [0.3, 0.4) is 0 Å². The van der Waals surface area contributed by atoms with E-state index in [1.165, 1.54) is 4.80 Å². The van der Waals surface area contributed by atoms with Gasteiger partial charge >= 0.3 is 0 Å². The first-order valence-electron chi connectivity index (χ1n) is 6.80. The first kappa shape index (κ1) is 15.9. The van der Waals surface area contributed by atoms with Gasteiger partial charge in [-0.3, -0.25) is 4.79 Å².